The molecule has 1 aromatic carbocycles. The minimum atomic E-state index is -2.98. The lowest BCUT2D eigenvalue weighted by Crippen LogP contribution is -2.36. The molecule has 0 saturated carbocycles. The van der Waals surface area contributed by atoms with Crippen molar-refractivity contribution in [3.63, 3.8) is 0 Å². The predicted molar refractivity (Wildman–Crippen MR) is 104 cm³/mol. The van der Waals surface area contributed by atoms with E-state index in [1.54, 1.807) is 42.6 Å². The second-order valence-corrected chi connectivity index (χ2v) is 8.87. The molecule has 2 aromatic rings. The highest BCUT2D eigenvalue weighted by Crippen LogP contribution is 2.24. The van der Waals surface area contributed by atoms with Crippen LogP contribution in [0.4, 0.5) is 11.4 Å². The molecule has 0 aliphatic carbocycles. The van der Waals surface area contributed by atoms with E-state index in [4.69, 9.17) is 11.6 Å². The quantitative estimate of drug-likeness (QED) is 0.844. The molecule has 2 heterocycles. The van der Waals surface area contributed by atoms with E-state index < -0.39 is 9.84 Å². The SMILES string of the molecule is CCN(c1ccnc(C(=O)Nc2ccc(Cl)cc2)c1)C1CCS(=O)(=O)C1. The van der Waals surface area contributed by atoms with Crippen molar-refractivity contribution in [3.8, 4) is 0 Å². The number of hydrogen-bond acceptors (Lipinski definition) is 5. The number of nitrogens with one attached hydrogen (secondary N) is 1. The van der Waals surface area contributed by atoms with Gasteiger partial charge in [0.1, 0.15) is 5.69 Å². The van der Waals surface area contributed by atoms with E-state index in [0.717, 1.165) is 5.69 Å². The molecule has 1 saturated heterocycles. The molecule has 138 valence electrons. The molecule has 1 aromatic heterocycles. The highest BCUT2D eigenvalue weighted by atomic mass is 35.5. The Morgan fingerprint density at radius 2 is 2.04 bits per heavy atom. The molecule has 3 rings (SSSR count). The van der Waals surface area contributed by atoms with Gasteiger partial charge in [0, 0.05) is 35.2 Å². The third kappa shape index (κ3) is 4.34. The molecular weight excluding hydrogens is 374 g/mol. The zero-order chi connectivity index (χ0) is 18.7. The monoisotopic (exact) mass is 393 g/mol. The topological polar surface area (TPSA) is 79.4 Å². The smallest absolute Gasteiger partial charge is 0.274 e. The molecule has 1 N–H and O–H groups in total. The van der Waals surface area contributed by atoms with Crippen LogP contribution in [-0.2, 0) is 9.84 Å². The number of rotatable bonds is 5. The van der Waals surface area contributed by atoms with Crippen LogP contribution in [0.25, 0.3) is 0 Å². The number of anilines is 2. The fraction of sp³-hybridized carbons (Fsp3) is 0.333. The predicted octanol–water partition coefficient (Wildman–Crippen LogP) is 3.00. The Morgan fingerprint density at radius 1 is 1.31 bits per heavy atom. The van der Waals surface area contributed by atoms with Crippen molar-refractivity contribution in [3.05, 3.63) is 53.3 Å². The van der Waals surface area contributed by atoms with Gasteiger partial charge in [-0.2, -0.15) is 0 Å². The third-order valence-corrected chi connectivity index (χ3v) is 6.40. The van der Waals surface area contributed by atoms with Crippen molar-refractivity contribution in [1.82, 2.24) is 4.98 Å². The van der Waals surface area contributed by atoms with E-state index in [2.05, 4.69) is 10.3 Å². The first-order valence-corrected chi connectivity index (χ1v) is 10.6. The molecule has 1 amide bonds. The van der Waals surface area contributed by atoms with E-state index in [9.17, 15) is 13.2 Å². The van der Waals surface area contributed by atoms with Crippen molar-refractivity contribution in [2.24, 2.45) is 0 Å². The van der Waals surface area contributed by atoms with Gasteiger partial charge < -0.3 is 10.2 Å². The number of halogens is 1. The van der Waals surface area contributed by atoms with Crippen molar-refractivity contribution < 1.29 is 13.2 Å². The molecule has 1 unspecified atom stereocenters. The first-order valence-electron chi connectivity index (χ1n) is 8.38. The minimum absolute atomic E-state index is 0.0698. The molecule has 1 aliphatic rings. The molecule has 1 atom stereocenters. The first kappa shape index (κ1) is 18.7. The van der Waals surface area contributed by atoms with Crippen LogP contribution in [0.15, 0.2) is 42.6 Å². The molecule has 0 radical (unpaired) electrons. The number of sulfone groups is 1. The number of carbonyl (C=O) groups is 1. The van der Waals surface area contributed by atoms with Gasteiger partial charge in [0.15, 0.2) is 9.84 Å². The standard InChI is InChI=1S/C18H20ClN3O3S/c1-2-22(16-8-10-26(24,25)12-16)15-7-9-20-17(11-15)18(23)21-14-5-3-13(19)4-6-14/h3-7,9,11,16H,2,8,10,12H2,1H3,(H,21,23). The average Bonchev–Trinajstić information content (AvgIpc) is 2.97. The summed E-state index contributed by atoms with van der Waals surface area (Å²) in [6.07, 6.45) is 2.17. The minimum Gasteiger partial charge on any atom is -0.368 e. The van der Waals surface area contributed by atoms with Crippen LogP contribution >= 0.6 is 11.6 Å². The van der Waals surface area contributed by atoms with Gasteiger partial charge in [-0.1, -0.05) is 11.6 Å². The van der Waals surface area contributed by atoms with Gasteiger partial charge in [-0.15, -0.1) is 0 Å². The second kappa shape index (κ2) is 7.63. The van der Waals surface area contributed by atoms with E-state index in [0.29, 0.717) is 23.7 Å². The molecule has 26 heavy (non-hydrogen) atoms. The van der Waals surface area contributed by atoms with E-state index in [1.165, 1.54) is 0 Å². The molecule has 0 bridgehead atoms. The summed E-state index contributed by atoms with van der Waals surface area (Å²) in [5, 5.41) is 3.37. The number of carbonyl (C=O) groups excluding carboxylic acids is 1. The summed E-state index contributed by atoms with van der Waals surface area (Å²) in [6, 6.07) is 10.2. The first-order chi connectivity index (χ1) is 12.4. The van der Waals surface area contributed by atoms with Crippen LogP contribution in [0.2, 0.25) is 5.02 Å². The van der Waals surface area contributed by atoms with Gasteiger partial charge in [0.05, 0.1) is 11.5 Å². The van der Waals surface area contributed by atoms with E-state index in [-0.39, 0.29) is 29.1 Å². The second-order valence-electron chi connectivity index (χ2n) is 6.20. The van der Waals surface area contributed by atoms with Gasteiger partial charge >= 0.3 is 0 Å². The highest BCUT2D eigenvalue weighted by molar-refractivity contribution is 7.91. The summed E-state index contributed by atoms with van der Waals surface area (Å²) in [5.74, 6) is 0.0304. The highest BCUT2D eigenvalue weighted by Gasteiger charge is 2.32. The summed E-state index contributed by atoms with van der Waals surface area (Å²) in [7, 11) is -2.98. The number of nitrogens with zero attached hydrogens (tertiary/aromatic N) is 2. The van der Waals surface area contributed by atoms with Crippen molar-refractivity contribution in [2.45, 2.75) is 19.4 Å². The number of benzene rings is 1. The molecule has 8 heteroatoms. The molecular formula is C18H20ClN3O3S. The Kier molecular flexibility index (Phi) is 5.48. The summed E-state index contributed by atoms with van der Waals surface area (Å²) < 4.78 is 23.6. The van der Waals surface area contributed by atoms with Crippen LogP contribution in [0, 0.1) is 0 Å². The third-order valence-electron chi connectivity index (χ3n) is 4.40. The number of aromatic nitrogens is 1. The Bertz CT molecular complexity index is 900. The average molecular weight is 394 g/mol. The zero-order valence-electron chi connectivity index (χ0n) is 14.4. The number of amides is 1. The maximum atomic E-state index is 12.5. The lowest BCUT2D eigenvalue weighted by molar-refractivity contribution is 0.102. The summed E-state index contributed by atoms with van der Waals surface area (Å²) >= 11 is 5.85. The van der Waals surface area contributed by atoms with E-state index in [1.807, 2.05) is 11.8 Å². The Balaban J connectivity index is 1.78. The normalized spacial score (nSPS) is 18.5. The lowest BCUT2D eigenvalue weighted by Gasteiger charge is -2.29. The van der Waals surface area contributed by atoms with Crippen molar-refractivity contribution in [1.29, 1.82) is 0 Å². The van der Waals surface area contributed by atoms with Gasteiger partial charge in [-0.05, 0) is 49.7 Å². The van der Waals surface area contributed by atoms with Crippen LogP contribution in [0.3, 0.4) is 0 Å². The lowest BCUT2D eigenvalue weighted by atomic mass is 10.2. The van der Waals surface area contributed by atoms with Crippen LogP contribution in [0.1, 0.15) is 23.8 Å². The Morgan fingerprint density at radius 3 is 2.65 bits per heavy atom. The fourth-order valence-electron chi connectivity index (χ4n) is 3.12. The summed E-state index contributed by atoms with van der Waals surface area (Å²) in [6.45, 7) is 2.63. The van der Waals surface area contributed by atoms with Crippen LogP contribution < -0.4 is 10.2 Å². The largest absolute Gasteiger partial charge is 0.368 e. The number of pyridine rings is 1. The molecule has 6 nitrogen and oxygen atoms in total. The van der Waals surface area contributed by atoms with Gasteiger partial charge in [0.2, 0.25) is 0 Å². The van der Waals surface area contributed by atoms with Crippen LogP contribution in [-0.4, -0.2) is 43.4 Å². The summed E-state index contributed by atoms with van der Waals surface area (Å²) in [4.78, 5) is 18.6. The number of hydrogen-bond donors (Lipinski definition) is 1. The van der Waals surface area contributed by atoms with Crippen molar-refractivity contribution in [2.75, 3.05) is 28.3 Å². The molecule has 1 fully saturated rings. The van der Waals surface area contributed by atoms with E-state index >= 15 is 0 Å². The zero-order valence-corrected chi connectivity index (χ0v) is 15.9. The Labute approximate surface area is 158 Å². The van der Waals surface area contributed by atoms with Crippen molar-refractivity contribution >= 4 is 38.7 Å². The van der Waals surface area contributed by atoms with Gasteiger partial charge in [0.25, 0.3) is 5.91 Å². The maximum absolute atomic E-state index is 12.5. The van der Waals surface area contributed by atoms with Gasteiger partial charge in [-0.25, -0.2) is 8.42 Å². The maximum Gasteiger partial charge on any atom is 0.274 e. The Hall–Kier alpha value is -2.12. The molecule has 1 aliphatic heterocycles. The summed E-state index contributed by atoms with van der Waals surface area (Å²) in [5.41, 5.74) is 1.70. The van der Waals surface area contributed by atoms with Gasteiger partial charge in [-0.3, -0.25) is 9.78 Å². The molecule has 0 spiro atoms. The fourth-order valence-corrected chi connectivity index (χ4v) is 4.98. The van der Waals surface area contributed by atoms with Crippen LogP contribution in [0.5, 0.6) is 0 Å².